The number of carbonyl (C=O) groups excluding carboxylic acids is 1. The van der Waals surface area contributed by atoms with Crippen molar-refractivity contribution < 1.29 is 9.53 Å². The molecule has 0 bridgehead atoms. The Hall–Kier alpha value is -1.04. The molecule has 6 heteroatoms. The smallest absolute Gasteiger partial charge is 0.415 e. The normalized spacial score (nSPS) is 11.4. The van der Waals surface area contributed by atoms with Gasteiger partial charge in [0.2, 0.25) is 0 Å². The van der Waals surface area contributed by atoms with E-state index < -0.39 is 11.7 Å². The molecule has 90 valence electrons. The largest absolute Gasteiger partial charge is 0.443 e. The molecule has 16 heavy (non-hydrogen) atoms. The highest BCUT2D eigenvalue weighted by molar-refractivity contribution is 9.10. The number of amides is 1. The van der Waals surface area contributed by atoms with Crippen LogP contribution in [0.2, 0.25) is 0 Å². The number of carbonyl (C=O) groups is 1. The molecule has 0 aliphatic heterocycles. The number of aryl methyl sites for hydroxylation is 1. The van der Waals surface area contributed by atoms with Gasteiger partial charge in [0.25, 0.3) is 0 Å². The third-order valence-electron chi connectivity index (χ3n) is 1.75. The zero-order chi connectivity index (χ0) is 12.5. The van der Waals surface area contributed by atoms with E-state index in [1.807, 2.05) is 20.8 Å². The molecular weight excluding hydrogens is 274 g/mol. The predicted molar refractivity (Wildman–Crippen MR) is 65.5 cm³/mol. The molecular formula is C10H16BrN3O2. The second-order valence-electron chi connectivity index (χ2n) is 4.51. The van der Waals surface area contributed by atoms with E-state index in [2.05, 4.69) is 21.0 Å². The Bertz CT molecular complexity index is 395. The van der Waals surface area contributed by atoms with Gasteiger partial charge in [-0.15, -0.1) is 0 Å². The lowest BCUT2D eigenvalue weighted by Crippen LogP contribution is -2.34. The first-order valence-corrected chi connectivity index (χ1v) is 5.66. The van der Waals surface area contributed by atoms with E-state index in [1.165, 1.54) is 4.90 Å². The van der Waals surface area contributed by atoms with E-state index in [0.717, 1.165) is 4.47 Å². The predicted octanol–water partition coefficient (Wildman–Crippen LogP) is 2.55. The van der Waals surface area contributed by atoms with Gasteiger partial charge in [-0.3, -0.25) is 9.58 Å². The lowest BCUT2D eigenvalue weighted by atomic mass is 10.2. The van der Waals surface area contributed by atoms with Crippen molar-refractivity contribution in [3.05, 3.63) is 10.7 Å². The molecule has 0 saturated carbocycles. The monoisotopic (exact) mass is 289 g/mol. The van der Waals surface area contributed by atoms with Gasteiger partial charge in [0.1, 0.15) is 5.60 Å². The van der Waals surface area contributed by atoms with Crippen LogP contribution < -0.4 is 4.90 Å². The van der Waals surface area contributed by atoms with E-state index in [9.17, 15) is 4.79 Å². The van der Waals surface area contributed by atoms with Gasteiger partial charge in [-0.1, -0.05) is 0 Å². The zero-order valence-electron chi connectivity index (χ0n) is 10.1. The molecule has 0 aliphatic rings. The lowest BCUT2D eigenvalue weighted by molar-refractivity contribution is 0.0588. The Kier molecular flexibility index (Phi) is 3.62. The van der Waals surface area contributed by atoms with Crippen molar-refractivity contribution >= 4 is 27.8 Å². The van der Waals surface area contributed by atoms with Gasteiger partial charge in [0, 0.05) is 20.3 Å². The van der Waals surface area contributed by atoms with E-state index in [-0.39, 0.29) is 0 Å². The number of hydrogen-bond donors (Lipinski definition) is 0. The van der Waals surface area contributed by atoms with Gasteiger partial charge in [-0.05, 0) is 36.7 Å². The summed E-state index contributed by atoms with van der Waals surface area (Å²) in [5.74, 6) is 0.539. The van der Waals surface area contributed by atoms with Crippen molar-refractivity contribution in [1.29, 1.82) is 0 Å². The van der Waals surface area contributed by atoms with Gasteiger partial charge in [0.05, 0.1) is 4.47 Å². The first kappa shape index (κ1) is 13.0. The summed E-state index contributed by atoms with van der Waals surface area (Å²) in [4.78, 5) is 13.1. The number of hydrogen-bond acceptors (Lipinski definition) is 3. The van der Waals surface area contributed by atoms with Crippen LogP contribution in [0, 0.1) is 0 Å². The Morgan fingerprint density at radius 1 is 1.56 bits per heavy atom. The number of halogens is 1. The summed E-state index contributed by atoms with van der Waals surface area (Å²) in [6, 6.07) is 0. The molecule has 1 heterocycles. The SMILES string of the molecule is CN(C(=O)OC(C)(C)C)c1nn(C)cc1Br. The molecule has 1 aromatic rings. The van der Waals surface area contributed by atoms with Crippen molar-refractivity contribution in [3.8, 4) is 0 Å². The summed E-state index contributed by atoms with van der Waals surface area (Å²) in [7, 11) is 3.42. The highest BCUT2D eigenvalue weighted by Crippen LogP contribution is 2.24. The molecule has 5 nitrogen and oxygen atoms in total. The Morgan fingerprint density at radius 2 is 2.12 bits per heavy atom. The van der Waals surface area contributed by atoms with E-state index in [1.54, 1.807) is 25.0 Å². The van der Waals surface area contributed by atoms with Crippen molar-refractivity contribution in [3.63, 3.8) is 0 Å². The number of ether oxygens (including phenoxy) is 1. The minimum atomic E-state index is -0.507. The van der Waals surface area contributed by atoms with Crippen LogP contribution in [0.25, 0.3) is 0 Å². The highest BCUT2D eigenvalue weighted by Gasteiger charge is 2.23. The quantitative estimate of drug-likeness (QED) is 0.798. The first-order valence-electron chi connectivity index (χ1n) is 4.86. The average molecular weight is 290 g/mol. The molecule has 0 saturated heterocycles. The summed E-state index contributed by atoms with van der Waals surface area (Å²) >= 11 is 3.33. The molecule has 0 unspecified atom stereocenters. The molecule has 0 radical (unpaired) electrons. The van der Waals surface area contributed by atoms with Gasteiger partial charge >= 0.3 is 6.09 Å². The van der Waals surface area contributed by atoms with Gasteiger partial charge in [0.15, 0.2) is 5.82 Å². The number of rotatable bonds is 1. The topological polar surface area (TPSA) is 47.4 Å². The summed E-state index contributed by atoms with van der Waals surface area (Å²) in [5.41, 5.74) is -0.507. The van der Waals surface area contributed by atoms with E-state index in [4.69, 9.17) is 4.74 Å². The van der Waals surface area contributed by atoms with Crippen molar-refractivity contribution in [2.45, 2.75) is 26.4 Å². The molecule has 0 aliphatic carbocycles. The number of anilines is 1. The average Bonchev–Trinajstić information content (AvgIpc) is 2.41. The van der Waals surface area contributed by atoms with Crippen LogP contribution in [0.1, 0.15) is 20.8 Å². The lowest BCUT2D eigenvalue weighted by Gasteiger charge is -2.23. The molecule has 1 amide bonds. The summed E-state index contributed by atoms with van der Waals surface area (Å²) < 4.78 is 7.61. The maximum atomic E-state index is 11.8. The number of aromatic nitrogens is 2. The highest BCUT2D eigenvalue weighted by atomic mass is 79.9. The molecule has 1 aromatic heterocycles. The maximum absolute atomic E-state index is 11.8. The van der Waals surface area contributed by atoms with Crippen LogP contribution in [0.5, 0.6) is 0 Å². The minimum Gasteiger partial charge on any atom is -0.443 e. The third kappa shape index (κ3) is 3.23. The summed E-state index contributed by atoms with van der Waals surface area (Å²) in [6.07, 6.45) is 1.35. The van der Waals surface area contributed by atoms with E-state index in [0.29, 0.717) is 5.82 Å². The summed E-state index contributed by atoms with van der Waals surface area (Å²) in [5, 5.41) is 4.16. The zero-order valence-corrected chi connectivity index (χ0v) is 11.7. The van der Waals surface area contributed by atoms with Crippen LogP contribution in [-0.2, 0) is 11.8 Å². The van der Waals surface area contributed by atoms with Crippen LogP contribution in [0.3, 0.4) is 0 Å². The maximum Gasteiger partial charge on any atom is 0.415 e. The van der Waals surface area contributed by atoms with Crippen molar-refractivity contribution in [2.24, 2.45) is 7.05 Å². The Morgan fingerprint density at radius 3 is 2.50 bits per heavy atom. The molecule has 0 atom stereocenters. The van der Waals surface area contributed by atoms with E-state index >= 15 is 0 Å². The second kappa shape index (κ2) is 4.45. The van der Waals surface area contributed by atoms with Gasteiger partial charge in [-0.25, -0.2) is 4.79 Å². The minimum absolute atomic E-state index is 0.424. The van der Waals surface area contributed by atoms with Crippen molar-refractivity contribution in [1.82, 2.24) is 9.78 Å². The van der Waals surface area contributed by atoms with Crippen LogP contribution in [0.15, 0.2) is 10.7 Å². The molecule has 0 aromatic carbocycles. The number of nitrogens with zero attached hydrogens (tertiary/aromatic N) is 3. The molecule has 0 N–H and O–H groups in total. The molecule has 1 rings (SSSR count). The Balaban J connectivity index is 2.82. The van der Waals surface area contributed by atoms with Crippen LogP contribution in [-0.4, -0.2) is 28.5 Å². The standard InChI is InChI=1S/C10H16BrN3O2/c1-10(2,3)16-9(15)14(5)8-7(11)6-13(4)12-8/h6H,1-5H3. The fourth-order valence-corrected chi connectivity index (χ4v) is 1.73. The second-order valence-corrected chi connectivity index (χ2v) is 5.37. The fourth-order valence-electron chi connectivity index (χ4n) is 1.09. The van der Waals surface area contributed by atoms with Gasteiger partial charge < -0.3 is 4.74 Å². The fraction of sp³-hybridized carbons (Fsp3) is 0.600. The first-order chi connectivity index (χ1) is 7.20. The molecule has 0 spiro atoms. The summed E-state index contributed by atoms with van der Waals surface area (Å²) in [6.45, 7) is 5.48. The van der Waals surface area contributed by atoms with Crippen molar-refractivity contribution in [2.75, 3.05) is 11.9 Å². The molecule has 0 fully saturated rings. The third-order valence-corrected chi connectivity index (χ3v) is 2.31. The van der Waals surface area contributed by atoms with Crippen LogP contribution in [0.4, 0.5) is 10.6 Å². The Labute approximate surface area is 103 Å². The van der Waals surface area contributed by atoms with Crippen LogP contribution >= 0.6 is 15.9 Å². The van der Waals surface area contributed by atoms with Gasteiger partial charge in [-0.2, -0.15) is 5.10 Å².